The van der Waals surface area contributed by atoms with Gasteiger partial charge in [-0.15, -0.1) is 0 Å². The minimum absolute atomic E-state index is 0.00814. The fraction of sp³-hybridized carbons (Fsp3) is 0.263. The van der Waals surface area contributed by atoms with Gasteiger partial charge in [-0.2, -0.15) is 4.98 Å². The third-order valence-electron chi connectivity index (χ3n) is 4.85. The van der Waals surface area contributed by atoms with Gasteiger partial charge >= 0.3 is 0 Å². The highest BCUT2D eigenvalue weighted by molar-refractivity contribution is 6.34. The standard InChI is InChI=1S/C19H18ClN5O6/c20-17-16-11(9-30-8-10-3-1-2-4-12(10)25(28)29)6-24(18(16)23-19(21)22-17)15-5-13(27)14(7-26)31-15/h1-4,6,15,26-27H,5,7-9H2,(H2,21,22,23)/t15-/m1/s1. The smallest absolute Gasteiger partial charge is 0.274 e. The van der Waals surface area contributed by atoms with Crippen molar-refractivity contribution >= 4 is 34.3 Å². The summed E-state index contributed by atoms with van der Waals surface area (Å²) in [5, 5.41) is 31.1. The molecule has 3 heterocycles. The number of para-hydroxylation sites is 1. The first kappa shape index (κ1) is 20.8. The number of nitrogens with zero attached hydrogens (tertiary/aromatic N) is 4. The Morgan fingerprint density at radius 3 is 2.77 bits per heavy atom. The monoisotopic (exact) mass is 447 g/mol. The summed E-state index contributed by atoms with van der Waals surface area (Å²) in [4.78, 5) is 18.9. The fourth-order valence-electron chi connectivity index (χ4n) is 3.44. The Kier molecular flexibility index (Phi) is 5.63. The van der Waals surface area contributed by atoms with Crippen LogP contribution in [0.4, 0.5) is 11.6 Å². The molecule has 0 bridgehead atoms. The van der Waals surface area contributed by atoms with Crippen LogP contribution in [0.3, 0.4) is 0 Å². The summed E-state index contributed by atoms with van der Waals surface area (Å²) in [6.45, 7) is -0.374. The maximum absolute atomic E-state index is 11.2. The molecule has 2 aromatic heterocycles. The number of hydrogen-bond donors (Lipinski definition) is 3. The van der Waals surface area contributed by atoms with Crippen LogP contribution in [-0.2, 0) is 22.7 Å². The number of nitrogen functional groups attached to an aromatic ring is 1. The zero-order valence-electron chi connectivity index (χ0n) is 16.1. The molecule has 1 aliphatic rings. The summed E-state index contributed by atoms with van der Waals surface area (Å²) >= 11 is 6.30. The molecule has 11 nitrogen and oxygen atoms in total. The zero-order chi connectivity index (χ0) is 22.1. The predicted molar refractivity (Wildman–Crippen MR) is 110 cm³/mol. The average Bonchev–Trinajstić information content (AvgIpc) is 3.28. The van der Waals surface area contributed by atoms with E-state index in [1.807, 2.05) is 0 Å². The number of aliphatic hydroxyl groups excluding tert-OH is 2. The van der Waals surface area contributed by atoms with E-state index in [1.54, 1.807) is 29.0 Å². The third-order valence-corrected chi connectivity index (χ3v) is 5.12. The molecule has 4 N–H and O–H groups in total. The Labute approximate surface area is 180 Å². The zero-order valence-corrected chi connectivity index (χ0v) is 16.8. The van der Waals surface area contributed by atoms with E-state index >= 15 is 0 Å². The number of ether oxygens (including phenoxy) is 2. The highest BCUT2D eigenvalue weighted by atomic mass is 35.5. The van der Waals surface area contributed by atoms with E-state index in [1.165, 1.54) is 6.07 Å². The van der Waals surface area contributed by atoms with Gasteiger partial charge in [-0.25, -0.2) is 4.98 Å². The molecule has 12 heteroatoms. The highest BCUT2D eigenvalue weighted by Crippen LogP contribution is 2.36. The first-order chi connectivity index (χ1) is 14.9. The van der Waals surface area contributed by atoms with E-state index in [0.29, 0.717) is 22.2 Å². The highest BCUT2D eigenvalue weighted by Gasteiger charge is 2.29. The Hall–Kier alpha value is -3.41. The number of nitro benzene ring substituents is 1. The largest absolute Gasteiger partial charge is 0.508 e. The van der Waals surface area contributed by atoms with Gasteiger partial charge in [0.1, 0.15) is 23.2 Å². The maximum atomic E-state index is 11.2. The van der Waals surface area contributed by atoms with E-state index in [2.05, 4.69) is 9.97 Å². The number of nitro groups is 1. The molecule has 1 aliphatic heterocycles. The molecule has 0 fully saturated rings. The van der Waals surface area contributed by atoms with Crippen molar-refractivity contribution in [3.05, 3.63) is 68.4 Å². The minimum Gasteiger partial charge on any atom is -0.508 e. The summed E-state index contributed by atoms with van der Waals surface area (Å²) in [7, 11) is 0. The van der Waals surface area contributed by atoms with E-state index in [9.17, 15) is 20.3 Å². The normalized spacial score (nSPS) is 16.1. The molecule has 4 rings (SSSR count). The number of nitrogens with two attached hydrogens (primary N) is 1. The van der Waals surface area contributed by atoms with Crippen molar-refractivity contribution in [2.24, 2.45) is 0 Å². The van der Waals surface area contributed by atoms with Gasteiger partial charge in [0.2, 0.25) is 5.95 Å². The molecule has 162 valence electrons. The molecular weight excluding hydrogens is 430 g/mol. The van der Waals surface area contributed by atoms with Gasteiger partial charge in [0, 0.05) is 17.8 Å². The first-order valence-corrected chi connectivity index (χ1v) is 9.57. The van der Waals surface area contributed by atoms with Crippen LogP contribution in [0, 0.1) is 10.1 Å². The maximum Gasteiger partial charge on any atom is 0.274 e. The number of halogens is 1. The van der Waals surface area contributed by atoms with Crippen molar-refractivity contribution in [3.63, 3.8) is 0 Å². The lowest BCUT2D eigenvalue weighted by molar-refractivity contribution is -0.386. The van der Waals surface area contributed by atoms with Crippen LogP contribution in [0.15, 0.2) is 42.0 Å². The SMILES string of the molecule is Nc1nc(Cl)c2c(COCc3ccccc3[N+](=O)[O-])cn([C@H]3CC(O)=C(CO)O3)c2n1. The second-order valence-corrected chi connectivity index (χ2v) is 7.17. The minimum atomic E-state index is -0.668. The number of hydrogen-bond acceptors (Lipinski definition) is 9. The molecule has 1 atom stereocenters. The molecule has 0 radical (unpaired) electrons. The Balaban J connectivity index is 1.62. The van der Waals surface area contributed by atoms with Gasteiger partial charge in [0.15, 0.2) is 12.0 Å². The summed E-state index contributed by atoms with van der Waals surface area (Å²) in [5.74, 6) is -0.0207. The van der Waals surface area contributed by atoms with Crippen LogP contribution in [0.25, 0.3) is 11.0 Å². The number of benzene rings is 1. The first-order valence-electron chi connectivity index (χ1n) is 9.20. The topological polar surface area (TPSA) is 159 Å². The van der Waals surface area contributed by atoms with Crippen LogP contribution in [0.1, 0.15) is 23.8 Å². The van der Waals surface area contributed by atoms with Crippen LogP contribution in [0.5, 0.6) is 0 Å². The van der Waals surface area contributed by atoms with E-state index in [0.717, 1.165) is 0 Å². The van der Waals surface area contributed by atoms with Crippen molar-refractivity contribution in [2.45, 2.75) is 25.9 Å². The molecule has 0 aliphatic carbocycles. The molecule has 0 spiro atoms. The van der Waals surface area contributed by atoms with Gasteiger partial charge < -0.3 is 25.4 Å². The Bertz CT molecular complexity index is 1190. The molecule has 0 saturated heterocycles. The molecule has 3 aromatic rings. The van der Waals surface area contributed by atoms with Crippen LogP contribution < -0.4 is 5.73 Å². The molecule has 0 unspecified atom stereocenters. The molecule has 0 saturated carbocycles. The van der Waals surface area contributed by atoms with Crippen molar-refractivity contribution in [2.75, 3.05) is 12.3 Å². The lowest BCUT2D eigenvalue weighted by Gasteiger charge is -2.14. The fourth-order valence-corrected chi connectivity index (χ4v) is 3.73. The van der Waals surface area contributed by atoms with Crippen molar-refractivity contribution in [1.82, 2.24) is 14.5 Å². The van der Waals surface area contributed by atoms with Crippen molar-refractivity contribution in [1.29, 1.82) is 0 Å². The molecule has 0 amide bonds. The lowest BCUT2D eigenvalue weighted by atomic mass is 10.2. The lowest BCUT2D eigenvalue weighted by Crippen LogP contribution is -2.09. The number of rotatable bonds is 7. The predicted octanol–water partition coefficient (Wildman–Crippen LogP) is 2.97. The summed E-state index contributed by atoms with van der Waals surface area (Å²) in [5.41, 5.74) is 7.13. The van der Waals surface area contributed by atoms with Crippen LogP contribution in [-0.4, -0.2) is 36.3 Å². The molecule has 1 aromatic carbocycles. The third kappa shape index (κ3) is 3.98. The second kappa shape index (κ2) is 8.38. The van der Waals surface area contributed by atoms with E-state index in [4.69, 9.17) is 26.8 Å². The molecular formula is C19H18ClN5O6. The Morgan fingerprint density at radius 1 is 1.32 bits per heavy atom. The van der Waals surface area contributed by atoms with E-state index in [-0.39, 0.29) is 47.9 Å². The van der Waals surface area contributed by atoms with Gasteiger partial charge in [0.25, 0.3) is 5.69 Å². The number of aliphatic hydroxyl groups is 2. The van der Waals surface area contributed by atoms with Crippen LogP contribution >= 0.6 is 11.6 Å². The Morgan fingerprint density at radius 2 is 2.06 bits per heavy atom. The summed E-state index contributed by atoms with van der Waals surface area (Å²) in [6.07, 6.45) is 1.14. The second-order valence-electron chi connectivity index (χ2n) is 6.82. The van der Waals surface area contributed by atoms with Gasteiger partial charge in [-0.3, -0.25) is 14.7 Å². The van der Waals surface area contributed by atoms with Gasteiger partial charge in [0.05, 0.1) is 35.5 Å². The summed E-state index contributed by atoms with van der Waals surface area (Å²) < 4.78 is 13.0. The van der Waals surface area contributed by atoms with Crippen molar-refractivity contribution < 1.29 is 24.6 Å². The number of fused-ring (bicyclic) bond motifs is 1. The quantitative estimate of drug-likeness (QED) is 0.281. The summed E-state index contributed by atoms with van der Waals surface area (Å²) in [6, 6.07) is 6.31. The molecule has 31 heavy (non-hydrogen) atoms. The van der Waals surface area contributed by atoms with Crippen LogP contribution in [0.2, 0.25) is 5.15 Å². The van der Waals surface area contributed by atoms with Crippen molar-refractivity contribution in [3.8, 4) is 0 Å². The van der Waals surface area contributed by atoms with E-state index < -0.39 is 17.8 Å². The van der Waals surface area contributed by atoms with Gasteiger partial charge in [-0.1, -0.05) is 23.7 Å². The number of anilines is 1. The van der Waals surface area contributed by atoms with Gasteiger partial charge in [-0.05, 0) is 6.07 Å². The average molecular weight is 448 g/mol. The number of aromatic nitrogens is 3.